The van der Waals surface area contributed by atoms with E-state index in [0.29, 0.717) is 23.8 Å². The summed E-state index contributed by atoms with van der Waals surface area (Å²) >= 11 is 0. The zero-order valence-corrected chi connectivity index (χ0v) is 22.1. The number of aromatic nitrogens is 3. The fourth-order valence-electron chi connectivity index (χ4n) is 3.94. The lowest BCUT2D eigenvalue weighted by Gasteiger charge is -2.08. The van der Waals surface area contributed by atoms with Crippen LogP contribution in [0.4, 0.5) is 0 Å². The lowest BCUT2D eigenvalue weighted by Crippen LogP contribution is -2.08. The Labute approximate surface area is 216 Å². The molecule has 0 aliphatic rings. The molecule has 36 heavy (non-hydrogen) atoms. The van der Waals surface area contributed by atoms with Crippen molar-refractivity contribution in [2.75, 3.05) is 6.61 Å². The van der Waals surface area contributed by atoms with Crippen molar-refractivity contribution in [3.63, 3.8) is 0 Å². The van der Waals surface area contributed by atoms with Crippen molar-refractivity contribution in [2.45, 2.75) is 85.1 Å². The molecule has 0 saturated carbocycles. The van der Waals surface area contributed by atoms with Crippen LogP contribution in [-0.2, 0) is 6.54 Å². The second-order valence-electron chi connectivity index (χ2n) is 9.60. The first-order chi connectivity index (χ1) is 17.6. The number of nitrogens with zero attached hydrogens (tertiary/aromatic N) is 3. The highest BCUT2D eigenvalue weighted by Crippen LogP contribution is 2.22. The van der Waals surface area contributed by atoms with E-state index < -0.39 is 5.97 Å². The van der Waals surface area contributed by atoms with Gasteiger partial charge in [0.15, 0.2) is 0 Å². The summed E-state index contributed by atoms with van der Waals surface area (Å²) in [5.41, 5.74) is 2.23. The summed E-state index contributed by atoms with van der Waals surface area (Å²) in [7, 11) is 0. The van der Waals surface area contributed by atoms with Gasteiger partial charge >= 0.3 is 5.97 Å². The predicted molar refractivity (Wildman–Crippen MR) is 144 cm³/mol. The van der Waals surface area contributed by atoms with Crippen molar-refractivity contribution in [3.8, 4) is 22.8 Å². The normalized spacial score (nSPS) is 11.9. The van der Waals surface area contributed by atoms with Crippen molar-refractivity contribution in [1.82, 2.24) is 15.0 Å². The maximum absolute atomic E-state index is 12.6. The van der Waals surface area contributed by atoms with Gasteiger partial charge in [0.05, 0.1) is 18.4 Å². The van der Waals surface area contributed by atoms with Crippen molar-refractivity contribution in [1.29, 1.82) is 0 Å². The third kappa shape index (κ3) is 9.14. The van der Waals surface area contributed by atoms with Crippen molar-refractivity contribution in [3.05, 3.63) is 60.3 Å². The van der Waals surface area contributed by atoms with Gasteiger partial charge < -0.3 is 9.47 Å². The number of carbonyl (C=O) groups excluding carboxylic acids is 1. The number of carbonyl (C=O) groups is 1. The van der Waals surface area contributed by atoms with Crippen LogP contribution in [0, 0.1) is 5.92 Å². The van der Waals surface area contributed by atoms with Crippen molar-refractivity contribution in [2.24, 2.45) is 5.92 Å². The maximum Gasteiger partial charge on any atom is 0.343 e. The number of ether oxygens (including phenoxy) is 2. The zero-order valence-electron chi connectivity index (χ0n) is 22.1. The van der Waals surface area contributed by atoms with Crippen LogP contribution in [-0.4, -0.2) is 27.6 Å². The van der Waals surface area contributed by atoms with Gasteiger partial charge in [0.1, 0.15) is 17.2 Å². The lowest BCUT2D eigenvalue weighted by atomic mass is 10.1. The van der Waals surface area contributed by atoms with E-state index >= 15 is 0 Å². The molecule has 0 amide bonds. The molecule has 0 N–H and O–H groups in total. The molecule has 1 atom stereocenters. The maximum atomic E-state index is 12.6. The summed E-state index contributed by atoms with van der Waals surface area (Å²) in [6, 6.07) is 14.5. The van der Waals surface area contributed by atoms with Gasteiger partial charge in [0.2, 0.25) is 0 Å². The van der Waals surface area contributed by atoms with E-state index in [1.54, 1.807) is 24.3 Å². The largest absolute Gasteiger partial charge is 0.494 e. The topological polar surface area (TPSA) is 66.2 Å². The first kappa shape index (κ1) is 27.4. The number of rotatable bonds is 16. The summed E-state index contributed by atoms with van der Waals surface area (Å²) < 4.78 is 13.2. The van der Waals surface area contributed by atoms with Crippen molar-refractivity contribution >= 4 is 5.97 Å². The summed E-state index contributed by atoms with van der Waals surface area (Å²) in [4.78, 5) is 12.6. The summed E-state index contributed by atoms with van der Waals surface area (Å²) in [5, 5.41) is 8.48. The Hall–Kier alpha value is -3.15. The van der Waals surface area contributed by atoms with E-state index in [9.17, 15) is 4.79 Å². The van der Waals surface area contributed by atoms with Crippen LogP contribution in [0.1, 0.15) is 88.9 Å². The van der Waals surface area contributed by atoms with Gasteiger partial charge in [-0.2, -0.15) is 0 Å². The molecule has 1 heterocycles. The molecule has 0 spiro atoms. The number of hydrogen-bond acceptors (Lipinski definition) is 5. The first-order valence-corrected chi connectivity index (χ1v) is 13.5. The van der Waals surface area contributed by atoms with E-state index in [1.165, 1.54) is 44.9 Å². The average molecular weight is 492 g/mol. The number of benzene rings is 2. The molecule has 0 fully saturated rings. The van der Waals surface area contributed by atoms with E-state index in [1.807, 2.05) is 35.1 Å². The Kier molecular flexibility index (Phi) is 11.5. The summed E-state index contributed by atoms with van der Waals surface area (Å²) in [6.07, 6.45) is 13.2. The standard InChI is InChI=1S/C30H41N3O3/c1-4-6-7-8-9-10-11-12-21-35-27-17-15-26(16-18-27)30(34)36-28-19-13-25(14-20-28)29-23-33(32-31-29)22-24(3)5-2/h13-20,23-24H,4-12,21-22H2,1-3H3/t24-/m0/s1. The lowest BCUT2D eigenvalue weighted by molar-refractivity contribution is 0.0734. The molecule has 6 nitrogen and oxygen atoms in total. The molecule has 0 aliphatic carbocycles. The van der Waals surface area contributed by atoms with Gasteiger partial charge in [-0.25, -0.2) is 4.79 Å². The average Bonchev–Trinajstić information content (AvgIpc) is 3.36. The summed E-state index contributed by atoms with van der Waals surface area (Å²) in [6.45, 7) is 8.17. The molecule has 0 saturated heterocycles. The second-order valence-corrected chi connectivity index (χ2v) is 9.60. The molecular weight excluding hydrogens is 450 g/mol. The monoisotopic (exact) mass is 491 g/mol. The molecule has 0 radical (unpaired) electrons. The van der Waals surface area contributed by atoms with Gasteiger partial charge in [0, 0.05) is 12.1 Å². The van der Waals surface area contributed by atoms with E-state index in [0.717, 1.165) is 36.4 Å². The number of unbranched alkanes of at least 4 members (excludes halogenated alkanes) is 7. The third-order valence-electron chi connectivity index (χ3n) is 6.45. The van der Waals surface area contributed by atoms with Gasteiger partial charge in [-0.1, -0.05) is 77.4 Å². The van der Waals surface area contributed by atoms with Crippen LogP contribution in [0.2, 0.25) is 0 Å². The molecule has 0 unspecified atom stereocenters. The smallest absolute Gasteiger partial charge is 0.343 e. The fourth-order valence-corrected chi connectivity index (χ4v) is 3.94. The SMILES string of the molecule is CCCCCCCCCCOc1ccc(C(=O)Oc2ccc(-c3cn(C[C@@H](C)CC)nn3)cc2)cc1. The molecular formula is C30H41N3O3. The molecule has 2 aromatic carbocycles. The van der Waals surface area contributed by atoms with Crippen LogP contribution >= 0.6 is 0 Å². The highest BCUT2D eigenvalue weighted by molar-refractivity contribution is 5.91. The van der Waals surface area contributed by atoms with Crippen LogP contribution in [0.25, 0.3) is 11.3 Å². The second kappa shape index (κ2) is 15.1. The fraction of sp³-hybridized carbons (Fsp3) is 0.500. The quantitative estimate of drug-likeness (QED) is 0.116. The molecule has 0 bridgehead atoms. The minimum Gasteiger partial charge on any atom is -0.494 e. The van der Waals surface area contributed by atoms with Gasteiger partial charge in [0.25, 0.3) is 0 Å². The van der Waals surface area contributed by atoms with Gasteiger partial charge in [-0.15, -0.1) is 5.10 Å². The third-order valence-corrected chi connectivity index (χ3v) is 6.45. The first-order valence-electron chi connectivity index (χ1n) is 13.5. The van der Waals surface area contributed by atoms with E-state index in [4.69, 9.17) is 9.47 Å². The van der Waals surface area contributed by atoms with Crippen molar-refractivity contribution < 1.29 is 14.3 Å². The molecule has 3 rings (SSSR count). The zero-order chi connectivity index (χ0) is 25.6. The molecule has 0 aliphatic heterocycles. The van der Waals surface area contributed by atoms with Crippen LogP contribution in [0.15, 0.2) is 54.7 Å². The minimum absolute atomic E-state index is 0.392. The molecule has 3 aromatic rings. The van der Waals surface area contributed by atoms with Gasteiger partial charge in [-0.05, 0) is 60.9 Å². The van der Waals surface area contributed by atoms with Crippen LogP contribution in [0.5, 0.6) is 11.5 Å². The van der Waals surface area contributed by atoms with E-state index in [2.05, 4.69) is 31.1 Å². The summed E-state index contributed by atoms with van der Waals surface area (Å²) in [5.74, 6) is 1.43. The predicted octanol–water partition coefficient (Wildman–Crippen LogP) is 7.73. The highest BCUT2D eigenvalue weighted by atomic mass is 16.5. The number of hydrogen-bond donors (Lipinski definition) is 0. The van der Waals surface area contributed by atoms with Gasteiger partial charge in [-0.3, -0.25) is 4.68 Å². The Morgan fingerprint density at radius 1 is 0.861 bits per heavy atom. The Morgan fingerprint density at radius 2 is 1.50 bits per heavy atom. The molecule has 6 heteroatoms. The Bertz CT molecular complexity index is 1030. The molecule has 1 aromatic heterocycles. The number of esters is 1. The Morgan fingerprint density at radius 3 is 2.17 bits per heavy atom. The molecule has 194 valence electrons. The van der Waals surface area contributed by atoms with E-state index in [-0.39, 0.29) is 0 Å². The highest BCUT2D eigenvalue weighted by Gasteiger charge is 2.11. The van der Waals surface area contributed by atoms with Crippen LogP contribution < -0.4 is 9.47 Å². The van der Waals surface area contributed by atoms with Crippen LogP contribution in [0.3, 0.4) is 0 Å². The Balaban J connectivity index is 1.40. The minimum atomic E-state index is -0.392.